The molecule has 3 heterocycles. The minimum atomic E-state index is -1.16. The van der Waals surface area contributed by atoms with Gasteiger partial charge in [0.15, 0.2) is 0 Å². The molecule has 1 aliphatic rings. The topological polar surface area (TPSA) is 97.2 Å². The van der Waals surface area contributed by atoms with Crippen LogP contribution in [0.25, 0.3) is 10.9 Å². The van der Waals surface area contributed by atoms with Gasteiger partial charge in [-0.1, -0.05) is 0 Å². The molecular formula is C35H41N5O5. The standard InChI is InChI=1S/C35H41N5O5/c1-6-39-30-12-10-28(23-31(30)37(4)33(42)35(2,3)34(39)43)45-21-7-18-38(24-25-14-16-36-17-15-25)19-20-40-29-11-9-27(44-5)22-26(29)8-13-32(40)41/h8-17,22-23H,6-7,18-21,24H2,1-5H3. The molecule has 10 heteroatoms. The SMILES string of the molecule is CCN1C(=O)C(C)(C)C(=O)N(C)c2cc(OCCCN(CCn3c(=O)ccc4cc(OC)ccc43)Cc3ccncc3)ccc21. The van der Waals surface area contributed by atoms with E-state index in [1.54, 1.807) is 56.3 Å². The molecule has 0 saturated carbocycles. The fourth-order valence-electron chi connectivity index (χ4n) is 5.85. The van der Waals surface area contributed by atoms with Crippen LogP contribution in [0.4, 0.5) is 11.4 Å². The van der Waals surface area contributed by atoms with Crippen molar-refractivity contribution in [2.45, 2.75) is 40.3 Å². The molecular weight excluding hydrogens is 570 g/mol. The number of carbonyl (C=O) groups excluding carboxylic acids is 2. The smallest absolute Gasteiger partial charge is 0.251 e. The Hall–Kier alpha value is -4.70. The summed E-state index contributed by atoms with van der Waals surface area (Å²) in [5, 5.41) is 0.950. The van der Waals surface area contributed by atoms with Crippen molar-refractivity contribution in [3.05, 3.63) is 89.0 Å². The molecule has 0 saturated heterocycles. The summed E-state index contributed by atoms with van der Waals surface area (Å²) in [5.74, 6) is 0.918. The average Bonchev–Trinajstić information content (AvgIpc) is 3.10. The first-order chi connectivity index (χ1) is 21.6. The van der Waals surface area contributed by atoms with Crippen molar-refractivity contribution in [2.75, 3.05) is 50.2 Å². The minimum absolute atomic E-state index is 0.0433. The molecule has 2 aromatic carbocycles. The highest BCUT2D eigenvalue weighted by molar-refractivity contribution is 6.20. The quantitative estimate of drug-likeness (QED) is 0.169. The second-order valence-corrected chi connectivity index (χ2v) is 11.8. The van der Waals surface area contributed by atoms with E-state index in [-0.39, 0.29) is 17.4 Å². The molecule has 0 N–H and O–H groups in total. The number of ether oxygens (including phenoxy) is 2. The molecule has 10 nitrogen and oxygen atoms in total. The molecule has 5 rings (SSSR count). The highest BCUT2D eigenvalue weighted by atomic mass is 16.5. The van der Waals surface area contributed by atoms with Gasteiger partial charge in [0.1, 0.15) is 16.9 Å². The van der Waals surface area contributed by atoms with Crippen LogP contribution < -0.4 is 24.8 Å². The Morgan fingerprint density at radius 3 is 2.36 bits per heavy atom. The number of amides is 2. The monoisotopic (exact) mass is 611 g/mol. The van der Waals surface area contributed by atoms with Gasteiger partial charge in [-0.05, 0) is 81.3 Å². The van der Waals surface area contributed by atoms with Crippen LogP contribution in [0.1, 0.15) is 32.8 Å². The van der Waals surface area contributed by atoms with Gasteiger partial charge in [-0.25, -0.2) is 0 Å². The number of hydrogen-bond acceptors (Lipinski definition) is 7. The number of anilines is 2. The maximum atomic E-state index is 13.2. The molecule has 4 aromatic rings. The summed E-state index contributed by atoms with van der Waals surface area (Å²) in [6.07, 6.45) is 4.31. The summed E-state index contributed by atoms with van der Waals surface area (Å²) in [5.41, 5.74) is 2.15. The maximum Gasteiger partial charge on any atom is 0.251 e. The summed E-state index contributed by atoms with van der Waals surface area (Å²) in [4.78, 5) is 48.9. The van der Waals surface area contributed by atoms with Crippen molar-refractivity contribution in [1.29, 1.82) is 0 Å². The fourth-order valence-corrected chi connectivity index (χ4v) is 5.85. The van der Waals surface area contributed by atoms with Crippen LogP contribution in [0, 0.1) is 5.41 Å². The maximum absolute atomic E-state index is 13.2. The van der Waals surface area contributed by atoms with E-state index >= 15 is 0 Å². The van der Waals surface area contributed by atoms with E-state index in [2.05, 4.69) is 9.88 Å². The molecule has 2 amide bonds. The predicted molar refractivity (Wildman–Crippen MR) is 176 cm³/mol. The molecule has 0 atom stereocenters. The van der Waals surface area contributed by atoms with Crippen molar-refractivity contribution in [3.63, 3.8) is 0 Å². The molecule has 1 aliphatic heterocycles. The Balaban J connectivity index is 1.28. The third-order valence-corrected chi connectivity index (χ3v) is 8.41. The number of rotatable bonds is 12. The highest BCUT2D eigenvalue weighted by Gasteiger charge is 2.45. The molecule has 236 valence electrons. The minimum Gasteiger partial charge on any atom is -0.497 e. The summed E-state index contributed by atoms with van der Waals surface area (Å²) in [7, 11) is 3.33. The van der Waals surface area contributed by atoms with Crippen molar-refractivity contribution < 1.29 is 19.1 Å². The molecule has 0 spiro atoms. The average molecular weight is 612 g/mol. The van der Waals surface area contributed by atoms with E-state index in [0.29, 0.717) is 49.9 Å². The Kier molecular flexibility index (Phi) is 9.53. The van der Waals surface area contributed by atoms with E-state index < -0.39 is 5.41 Å². The first-order valence-electron chi connectivity index (χ1n) is 15.3. The highest BCUT2D eigenvalue weighted by Crippen LogP contribution is 2.40. The molecule has 0 radical (unpaired) electrons. The van der Waals surface area contributed by atoms with Crippen LogP contribution in [0.15, 0.2) is 77.9 Å². The second-order valence-electron chi connectivity index (χ2n) is 11.8. The van der Waals surface area contributed by atoms with Gasteiger partial charge in [0.05, 0.1) is 30.6 Å². The van der Waals surface area contributed by atoms with Crippen molar-refractivity contribution in [1.82, 2.24) is 14.5 Å². The largest absolute Gasteiger partial charge is 0.497 e. The molecule has 0 unspecified atom stereocenters. The van der Waals surface area contributed by atoms with Crippen LogP contribution in [0.2, 0.25) is 0 Å². The van der Waals surface area contributed by atoms with Crippen molar-refractivity contribution in [3.8, 4) is 11.5 Å². The number of carbonyl (C=O) groups is 2. The first kappa shape index (κ1) is 31.7. The van der Waals surface area contributed by atoms with Gasteiger partial charge in [0, 0.05) is 69.7 Å². The van der Waals surface area contributed by atoms with Gasteiger partial charge in [-0.2, -0.15) is 0 Å². The number of hydrogen-bond donors (Lipinski definition) is 0. The van der Waals surface area contributed by atoms with E-state index in [1.165, 1.54) is 0 Å². The lowest BCUT2D eigenvalue weighted by Gasteiger charge is -2.27. The van der Waals surface area contributed by atoms with Crippen LogP contribution in [-0.4, -0.2) is 66.7 Å². The Morgan fingerprint density at radius 1 is 0.867 bits per heavy atom. The zero-order chi connectivity index (χ0) is 32.1. The van der Waals surface area contributed by atoms with Crippen LogP contribution in [0.5, 0.6) is 11.5 Å². The first-order valence-corrected chi connectivity index (χ1v) is 15.3. The van der Waals surface area contributed by atoms with Crippen molar-refractivity contribution >= 4 is 34.1 Å². The van der Waals surface area contributed by atoms with Gasteiger partial charge in [-0.15, -0.1) is 0 Å². The summed E-state index contributed by atoms with van der Waals surface area (Å²) in [6, 6.07) is 18.7. The lowest BCUT2D eigenvalue weighted by Crippen LogP contribution is -2.47. The van der Waals surface area contributed by atoms with Gasteiger partial charge >= 0.3 is 0 Å². The van der Waals surface area contributed by atoms with E-state index in [9.17, 15) is 14.4 Å². The molecule has 0 bridgehead atoms. The second kappa shape index (κ2) is 13.5. The van der Waals surface area contributed by atoms with Crippen LogP contribution in [0.3, 0.4) is 0 Å². The molecule has 45 heavy (non-hydrogen) atoms. The van der Waals surface area contributed by atoms with Gasteiger partial charge in [-0.3, -0.25) is 24.3 Å². The zero-order valence-corrected chi connectivity index (χ0v) is 26.7. The summed E-state index contributed by atoms with van der Waals surface area (Å²) in [6.45, 7) is 8.81. The van der Waals surface area contributed by atoms with Crippen LogP contribution in [-0.2, 0) is 22.7 Å². The number of fused-ring (bicyclic) bond motifs is 2. The number of methoxy groups -OCH3 is 1. The van der Waals surface area contributed by atoms with Crippen molar-refractivity contribution in [2.24, 2.45) is 5.41 Å². The third-order valence-electron chi connectivity index (χ3n) is 8.41. The number of benzene rings is 2. The van der Waals surface area contributed by atoms with E-state index in [1.807, 2.05) is 66.1 Å². The molecule has 0 aliphatic carbocycles. The number of aromatic nitrogens is 2. The lowest BCUT2D eigenvalue weighted by molar-refractivity contribution is -0.137. The normalized spacial score (nSPS) is 14.5. The summed E-state index contributed by atoms with van der Waals surface area (Å²) >= 11 is 0. The number of pyridine rings is 2. The Morgan fingerprint density at radius 2 is 1.62 bits per heavy atom. The zero-order valence-electron chi connectivity index (χ0n) is 26.7. The van der Waals surface area contributed by atoms with Crippen LogP contribution >= 0.6 is 0 Å². The van der Waals surface area contributed by atoms with E-state index in [4.69, 9.17) is 9.47 Å². The fraction of sp³-hybridized carbons (Fsp3) is 0.371. The Bertz CT molecular complexity index is 1740. The lowest BCUT2D eigenvalue weighted by atomic mass is 9.90. The predicted octanol–water partition coefficient (Wildman–Crippen LogP) is 4.73. The van der Waals surface area contributed by atoms with Gasteiger partial charge in [0.25, 0.3) is 5.56 Å². The number of nitrogens with zero attached hydrogens (tertiary/aromatic N) is 5. The van der Waals surface area contributed by atoms with E-state index in [0.717, 1.165) is 35.2 Å². The third kappa shape index (κ3) is 6.71. The molecule has 2 aromatic heterocycles. The van der Waals surface area contributed by atoms with Gasteiger partial charge < -0.3 is 23.8 Å². The van der Waals surface area contributed by atoms with Gasteiger partial charge in [0.2, 0.25) is 11.8 Å². The Labute approximate surface area is 263 Å². The molecule has 0 fully saturated rings. The summed E-state index contributed by atoms with van der Waals surface area (Å²) < 4.78 is 13.3.